The van der Waals surface area contributed by atoms with E-state index in [-0.39, 0.29) is 29.9 Å². The minimum atomic E-state index is -3.86. The van der Waals surface area contributed by atoms with Crippen LogP contribution in [0.1, 0.15) is 18.4 Å². The van der Waals surface area contributed by atoms with Gasteiger partial charge in [0.25, 0.3) is 0 Å². The van der Waals surface area contributed by atoms with E-state index >= 15 is 0 Å². The molecule has 32 heavy (non-hydrogen) atoms. The van der Waals surface area contributed by atoms with Crippen molar-refractivity contribution < 1.29 is 32.2 Å². The second kappa shape index (κ2) is 9.25. The van der Waals surface area contributed by atoms with E-state index in [9.17, 15) is 13.2 Å². The Bertz CT molecular complexity index is 1100. The number of carbonyl (C=O) groups excluding carboxylic acids is 1. The number of ether oxygens (including phenoxy) is 4. The first-order chi connectivity index (χ1) is 15.4. The number of amides is 1. The molecule has 0 aliphatic carbocycles. The number of carbonyl (C=O) groups is 1. The highest BCUT2D eigenvalue weighted by Gasteiger charge is 2.35. The Morgan fingerprint density at radius 1 is 1.12 bits per heavy atom. The SMILES string of the molecule is COc1ccc(OC)c(S(=O)(=O)N2CCC[C@H](C(=O)NCc3ccc4c(c3)OCO4)C2)c1. The van der Waals surface area contributed by atoms with Crippen LogP contribution < -0.4 is 24.3 Å². The lowest BCUT2D eigenvalue weighted by atomic mass is 9.98. The number of hydrogen-bond acceptors (Lipinski definition) is 7. The number of rotatable bonds is 7. The highest BCUT2D eigenvalue weighted by molar-refractivity contribution is 7.89. The summed E-state index contributed by atoms with van der Waals surface area (Å²) in [6, 6.07) is 10.1. The quantitative estimate of drug-likeness (QED) is 0.672. The van der Waals surface area contributed by atoms with Gasteiger partial charge in [0.2, 0.25) is 22.7 Å². The van der Waals surface area contributed by atoms with Gasteiger partial charge in [0.15, 0.2) is 11.5 Å². The maximum atomic E-state index is 13.3. The molecule has 0 aromatic heterocycles. The van der Waals surface area contributed by atoms with E-state index in [4.69, 9.17) is 18.9 Å². The first kappa shape index (κ1) is 22.2. The molecule has 1 saturated heterocycles. The minimum absolute atomic E-state index is 0.0285. The second-order valence-electron chi connectivity index (χ2n) is 7.62. The van der Waals surface area contributed by atoms with E-state index in [1.54, 1.807) is 18.2 Å². The van der Waals surface area contributed by atoms with Crippen LogP contribution in [0.15, 0.2) is 41.3 Å². The third-order valence-electron chi connectivity index (χ3n) is 5.65. The molecule has 4 rings (SSSR count). The van der Waals surface area contributed by atoms with Gasteiger partial charge in [-0.15, -0.1) is 0 Å². The zero-order valence-corrected chi connectivity index (χ0v) is 18.8. The van der Waals surface area contributed by atoms with E-state index in [1.165, 1.54) is 24.6 Å². The summed E-state index contributed by atoms with van der Waals surface area (Å²) in [5.74, 6) is 1.36. The average molecular weight is 463 g/mol. The van der Waals surface area contributed by atoms with Crippen molar-refractivity contribution >= 4 is 15.9 Å². The third kappa shape index (κ3) is 4.46. The number of nitrogens with one attached hydrogen (secondary N) is 1. The fourth-order valence-electron chi connectivity index (χ4n) is 3.88. The number of benzene rings is 2. The van der Waals surface area contributed by atoms with E-state index in [0.717, 1.165) is 5.56 Å². The molecular weight excluding hydrogens is 436 g/mol. The molecule has 0 spiro atoms. The van der Waals surface area contributed by atoms with Crippen LogP contribution in [-0.2, 0) is 21.4 Å². The number of piperidine rings is 1. The van der Waals surface area contributed by atoms with Crippen molar-refractivity contribution in [1.29, 1.82) is 0 Å². The summed E-state index contributed by atoms with van der Waals surface area (Å²) in [6.07, 6.45) is 1.21. The van der Waals surface area contributed by atoms with Gasteiger partial charge in [-0.1, -0.05) is 6.07 Å². The van der Waals surface area contributed by atoms with E-state index in [1.807, 2.05) is 12.1 Å². The fraction of sp³-hybridized carbons (Fsp3) is 0.409. The standard InChI is InChI=1S/C22H26N2O7S/c1-28-17-6-8-19(29-2)21(11-17)32(26,27)24-9-3-4-16(13-24)22(25)23-12-15-5-7-18-20(10-15)31-14-30-18/h5-8,10-11,16H,3-4,9,12-14H2,1-2H3,(H,23,25)/t16-/m0/s1. The molecule has 0 bridgehead atoms. The summed E-state index contributed by atoms with van der Waals surface area (Å²) >= 11 is 0. The molecule has 172 valence electrons. The van der Waals surface area contributed by atoms with Crippen LogP contribution in [0, 0.1) is 5.92 Å². The van der Waals surface area contributed by atoms with Gasteiger partial charge in [0.05, 0.1) is 20.1 Å². The van der Waals surface area contributed by atoms with Crippen molar-refractivity contribution in [3.05, 3.63) is 42.0 Å². The topological polar surface area (TPSA) is 103 Å². The Kier molecular flexibility index (Phi) is 6.43. The predicted octanol–water partition coefficient (Wildman–Crippen LogP) is 2.15. The molecule has 2 aliphatic rings. The monoisotopic (exact) mass is 462 g/mol. The Morgan fingerprint density at radius 3 is 2.72 bits per heavy atom. The second-order valence-corrected chi connectivity index (χ2v) is 9.53. The van der Waals surface area contributed by atoms with E-state index < -0.39 is 15.9 Å². The van der Waals surface area contributed by atoms with E-state index in [0.29, 0.717) is 43.2 Å². The molecular formula is C22H26N2O7S. The van der Waals surface area contributed by atoms with Crippen molar-refractivity contribution in [3.8, 4) is 23.0 Å². The Morgan fingerprint density at radius 2 is 1.94 bits per heavy atom. The molecule has 2 aliphatic heterocycles. The number of sulfonamides is 1. The Hall–Kier alpha value is -2.98. The van der Waals surface area contributed by atoms with Crippen LogP contribution >= 0.6 is 0 Å². The van der Waals surface area contributed by atoms with Crippen molar-refractivity contribution in [3.63, 3.8) is 0 Å². The van der Waals surface area contributed by atoms with Gasteiger partial charge in [-0.2, -0.15) is 4.31 Å². The normalized spacial score (nSPS) is 18.2. The lowest BCUT2D eigenvalue weighted by Crippen LogP contribution is -2.45. The molecule has 1 atom stereocenters. The van der Waals surface area contributed by atoms with Gasteiger partial charge >= 0.3 is 0 Å². The van der Waals surface area contributed by atoms with Gasteiger partial charge in [0, 0.05) is 25.7 Å². The summed E-state index contributed by atoms with van der Waals surface area (Å²) < 4.78 is 49.1. The number of nitrogens with zero attached hydrogens (tertiary/aromatic N) is 1. The molecule has 10 heteroatoms. The van der Waals surface area contributed by atoms with Crippen molar-refractivity contribution in [2.45, 2.75) is 24.3 Å². The molecule has 9 nitrogen and oxygen atoms in total. The van der Waals surface area contributed by atoms with Crippen LogP contribution in [0.5, 0.6) is 23.0 Å². The highest BCUT2D eigenvalue weighted by Crippen LogP contribution is 2.34. The van der Waals surface area contributed by atoms with Gasteiger partial charge in [0.1, 0.15) is 16.4 Å². The first-order valence-electron chi connectivity index (χ1n) is 10.3. The Balaban J connectivity index is 1.44. The Labute approximate surface area is 187 Å². The average Bonchev–Trinajstić information content (AvgIpc) is 3.30. The smallest absolute Gasteiger partial charge is 0.246 e. The van der Waals surface area contributed by atoms with Crippen LogP contribution in [-0.4, -0.2) is 52.7 Å². The van der Waals surface area contributed by atoms with Crippen LogP contribution in [0.4, 0.5) is 0 Å². The molecule has 1 amide bonds. The highest BCUT2D eigenvalue weighted by atomic mass is 32.2. The molecule has 2 heterocycles. The van der Waals surface area contributed by atoms with Crippen LogP contribution in [0.25, 0.3) is 0 Å². The minimum Gasteiger partial charge on any atom is -0.497 e. The predicted molar refractivity (Wildman–Crippen MR) is 115 cm³/mol. The summed E-state index contributed by atoms with van der Waals surface area (Å²) in [7, 11) is -0.968. The summed E-state index contributed by atoms with van der Waals surface area (Å²) in [5, 5.41) is 2.91. The summed E-state index contributed by atoms with van der Waals surface area (Å²) in [5.41, 5.74) is 0.879. The fourth-order valence-corrected chi connectivity index (χ4v) is 5.58. The largest absolute Gasteiger partial charge is 0.497 e. The van der Waals surface area contributed by atoms with Gasteiger partial charge < -0.3 is 24.3 Å². The zero-order chi connectivity index (χ0) is 22.7. The van der Waals surface area contributed by atoms with Crippen LogP contribution in [0.2, 0.25) is 0 Å². The maximum absolute atomic E-state index is 13.3. The lowest BCUT2D eigenvalue weighted by molar-refractivity contribution is -0.126. The van der Waals surface area contributed by atoms with Crippen LogP contribution in [0.3, 0.4) is 0 Å². The van der Waals surface area contributed by atoms with Crippen molar-refractivity contribution in [2.24, 2.45) is 5.92 Å². The zero-order valence-electron chi connectivity index (χ0n) is 18.0. The number of hydrogen-bond donors (Lipinski definition) is 1. The molecule has 2 aromatic rings. The number of methoxy groups -OCH3 is 2. The van der Waals surface area contributed by atoms with Gasteiger partial charge in [-0.25, -0.2) is 8.42 Å². The van der Waals surface area contributed by atoms with Gasteiger partial charge in [-0.05, 0) is 42.7 Å². The first-order valence-corrected chi connectivity index (χ1v) is 11.7. The van der Waals surface area contributed by atoms with Gasteiger partial charge in [-0.3, -0.25) is 4.79 Å². The molecule has 1 fully saturated rings. The molecule has 2 aromatic carbocycles. The van der Waals surface area contributed by atoms with E-state index in [2.05, 4.69) is 5.32 Å². The molecule has 0 unspecified atom stereocenters. The summed E-state index contributed by atoms with van der Waals surface area (Å²) in [4.78, 5) is 12.8. The molecule has 1 N–H and O–H groups in total. The third-order valence-corrected chi connectivity index (χ3v) is 7.53. The maximum Gasteiger partial charge on any atom is 0.246 e. The molecule has 0 saturated carbocycles. The molecule has 0 radical (unpaired) electrons. The summed E-state index contributed by atoms with van der Waals surface area (Å²) in [6.45, 7) is 0.961. The van der Waals surface area contributed by atoms with Crippen molar-refractivity contribution in [2.75, 3.05) is 34.1 Å². The van der Waals surface area contributed by atoms with Crippen molar-refractivity contribution in [1.82, 2.24) is 9.62 Å². The lowest BCUT2D eigenvalue weighted by Gasteiger charge is -2.31. The number of fused-ring (bicyclic) bond motifs is 1.